The highest BCUT2D eigenvalue weighted by Crippen LogP contribution is 2.37. The van der Waals surface area contributed by atoms with Gasteiger partial charge >= 0.3 is 0 Å². The number of carbonyl (C=O) groups excluding carboxylic acids is 2. The van der Waals surface area contributed by atoms with Gasteiger partial charge in [-0.2, -0.15) is 0 Å². The smallest absolute Gasteiger partial charge is 0.264 e. The molecule has 130 valence electrons. The van der Waals surface area contributed by atoms with Crippen LogP contribution in [-0.2, 0) is 4.79 Å². The van der Waals surface area contributed by atoms with Gasteiger partial charge in [0.25, 0.3) is 11.8 Å². The van der Waals surface area contributed by atoms with Gasteiger partial charge in [0.05, 0.1) is 11.3 Å². The normalized spacial score (nSPS) is 16.7. The van der Waals surface area contributed by atoms with Crippen molar-refractivity contribution in [3.8, 4) is 5.75 Å². The van der Waals surface area contributed by atoms with Crippen LogP contribution in [0.3, 0.4) is 0 Å². The summed E-state index contributed by atoms with van der Waals surface area (Å²) in [7, 11) is 0. The summed E-state index contributed by atoms with van der Waals surface area (Å²) in [6.07, 6.45) is 0.906. The van der Waals surface area contributed by atoms with E-state index in [4.69, 9.17) is 10.5 Å². The van der Waals surface area contributed by atoms with Crippen molar-refractivity contribution in [2.75, 3.05) is 18.1 Å². The van der Waals surface area contributed by atoms with E-state index < -0.39 is 5.91 Å². The average Bonchev–Trinajstić information content (AvgIpc) is 2.78. The molecule has 0 aromatic heterocycles. The van der Waals surface area contributed by atoms with Crippen molar-refractivity contribution in [3.05, 3.63) is 54.1 Å². The molecular formula is C19H20N2O3S. The molecule has 0 saturated carbocycles. The minimum Gasteiger partial charge on any atom is -0.483 e. The van der Waals surface area contributed by atoms with E-state index in [1.54, 1.807) is 40.9 Å². The van der Waals surface area contributed by atoms with Crippen LogP contribution in [0.2, 0.25) is 0 Å². The van der Waals surface area contributed by atoms with Crippen molar-refractivity contribution in [1.82, 2.24) is 0 Å². The first kappa shape index (κ1) is 17.4. The van der Waals surface area contributed by atoms with E-state index in [1.165, 1.54) is 0 Å². The molecule has 1 unspecified atom stereocenters. The van der Waals surface area contributed by atoms with Crippen LogP contribution >= 0.6 is 11.8 Å². The molecule has 1 atom stereocenters. The zero-order valence-corrected chi connectivity index (χ0v) is 14.8. The molecule has 5 nitrogen and oxygen atoms in total. The van der Waals surface area contributed by atoms with E-state index in [0.717, 1.165) is 17.0 Å². The van der Waals surface area contributed by atoms with Crippen molar-refractivity contribution in [3.63, 3.8) is 0 Å². The van der Waals surface area contributed by atoms with Crippen LogP contribution in [0.5, 0.6) is 5.75 Å². The minimum absolute atomic E-state index is 0.138. The lowest BCUT2D eigenvalue weighted by Gasteiger charge is -2.22. The van der Waals surface area contributed by atoms with E-state index in [9.17, 15) is 9.59 Å². The van der Waals surface area contributed by atoms with Crippen molar-refractivity contribution < 1.29 is 14.3 Å². The summed E-state index contributed by atoms with van der Waals surface area (Å²) in [5.74, 6) is -0.385. The molecule has 2 aromatic carbocycles. The second-order valence-corrected chi connectivity index (χ2v) is 7.36. The Labute approximate surface area is 151 Å². The van der Waals surface area contributed by atoms with Crippen molar-refractivity contribution >= 4 is 29.3 Å². The number of ether oxygens (including phenoxy) is 1. The SMILES string of the molecule is CC1CCN(C(=O)COc2ccccc2C(N)=O)c2ccccc2S1. The summed E-state index contributed by atoms with van der Waals surface area (Å²) in [6.45, 7) is 2.66. The molecule has 1 heterocycles. The molecule has 2 aromatic rings. The number of rotatable bonds is 4. The second-order valence-electron chi connectivity index (χ2n) is 5.88. The largest absolute Gasteiger partial charge is 0.483 e. The number of hydrogen-bond acceptors (Lipinski definition) is 4. The lowest BCUT2D eigenvalue weighted by molar-refractivity contribution is -0.120. The van der Waals surface area contributed by atoms with Crippen LogP contribution < -0.4 is 15.4 Å². The Morgan fingerprint density at radius 1 is 1.20 bits per heavy atom. The lowest BCUT2D eigenvalue weighted by Crippen LogP contribution is -2.36. The van der Waals surface area contributed by atoms with E-state index in [0.29, 0.717) is 17.5 Å². The molecule has 1 aliphatic heterocycles. The number of nitrogens with two attached hydrogens (primary N) is 1. The molecule has 2 amide bonds. The Bertz CT molecular complexity index is 794. The number of fused-ring (bicyclic) bond motifs is 1. The van der Waals surface area contributed by atoms with E-state index >= 15 is 0 Å². The Morgan fingerprint density at radius 2 is 1.92 bits per heavy atom. The molecule has 0 spiro atoms. The fourth-order valence-corrected chi connectivity index (χ4v) is 3.87. The van der Waals surface area contributed by atoms with E-state index in [1.807, 2.05) is 24.3 Å². The van der Waals surface area contributed by atoms with Crippen LogP contribution in [0.15, 0.2) is 53.4 Å². The Kier molecular flexibility index (Phi) is 5.28. The first-order valence-corrected chi connectivity index (χ1v) is 9.02. The molecule has 0 aliphatic carbocycles. The summed E-state index contributed by atoms with van der Waals surface area (Å²) in [6, 6.07) is 14.6. The maximum absolute atomic E-state index is 12.8. The number of hydrogen-bond donors (Lipinski definition) is 1. The number of primary amides is 1. The number of nitrogens with zero attached hydrogens (tertiary/aromatic N) is 1. The third-order valence-corrected chi connectivity index (χ3v) is 5.29. The predicted octanol–water partition coefficient (Wildman–Crippen LogP) is 3.08. The summed E-state index contributed by atoms with van der Waals surface area (Å²) in [4.78, 5) is 27.1. The molecule has 3 rings (SSSR count). The molecule has 0 saturated heterocycles. The molecule has 6 heteroatoms. The third-order valence-electron chi connectivity index (χ3n) is 4.05. The average molecular weight is 356 g/mol. The van der Waals surface area contributed by atoms with Gasteiger partial charge in [-0.3, -0.25) is 9.59 Å². The van der Waals surface area contributed by atoms with Gasteiger partial charge in [0.1, 0.15) is 5.75 Å². The van der Waals surface area contributed by atoms with Gasteiger partial charge < -0.3 is 15.4 Å². The highest BCUT2D eigenvalue weighted by Gasteiger charge is 2.24. The van der Waals surface area contributed by atoms with Crippen molar-refractivity contribution in [1.29, 1.82) is 0 Å². The van der Waals surface area contributed by atoms with E-state index in [2.05, 4.69) is 6.92 Å². The Morgan fingerprint density at radius 3 is 2.72 bits per heavy atom. The van der Waals surface area contributed by atoms with Gasteiger partial charge in [-0.25, -0.2) is 0 Å². The number of amides is 2. The molecule has 0 fully saturated rings. The number of benzene rings is 2. The first-order valence-electron chi connectivity index (χ1n) is 8.14. The Balaban J connectivity index is 1.77. The summed E-state index contributed by atoms with van der Waals surface area (Å²) in [5.41, 5.74) is 6.53. The molecule has 0 bridgehead atoms. The third kappa shape index (κ3) is 3.96. The van der Waals surface area contributed by atoms with Crippen molar-refractivity contribution in [2.24, 2.45) is 5.73 Å². The Hall–Kier alpha value is -2.47. The number of anilines is 1. The summed E-state index contributed by atoms with van der Waals surface area (Å²) in [5, 5.41) is 0.440. The van der Waals surface area contributed by atoms with E-state index in [-0.39, 0.29) is 18.1 Å². The lowest BCUT2D eigenvalue weighted by atomic mass is 10.2. The molecule has 1 aliphatic rings. The quantitative estimate of drug-likeness (QED) is 0.914. The molecule has 2 N–H and O–H groups in total. The maximum Gasteiger partial charge on any atom is 0.264 e. The van der Waals surface area contributed by atoms with Crippen LogP contribution in [0.25, 0.3) is 0 Å². The number of carbonyl (C=O) groups is 2. The predicted molar refractivity (Wildman–Crippen MR) is 99.2 cm³/mol. The fraction of sp³-hybridized carbons (Fsp3) is 0.263. The van der Waals surface area contributed by atoms with Crippen molar-refractivity contribution in [2.45, 2.75) is 23.5 Å². The van der Waals surface area contributed by atoms with Crippen LogP contribution in [-0.4, -0.2) is 30.2 Å². The standard InChI is InChI=1S/C19H20N2O3S/c1-13-10-11-21(15-7-3-5-9-17(15)25-13)18(22)12-24-16-8-4-2-6-14(16)19(20)23/h2-9,13H,10-12H2,1H3,(H2,20,23). The fourth-order valence-electron chi connectivity index (χ4n) is 2.76. The minimum atomic E-state index is -0.576. The maximum atomic E-state index is 12.8. The zero-order chi connectivity index (χ0) is 17.8. The van der Waals surface area contributed by atoms with Crippen LogP contribution in [0, 0.1) is 0 Å². The summed E-state index contributed by atoms with van der Waals surface area (Å²) >= 11 is 1.78. The van der Waals surface area contributed by atoms with Gasteiger partial charge in [0.2, 0.25) is 0 Å². The second kappa shape index (κ2) is 7.61. The monoisotopic (exact) mass is 356 g/mol. The molecular weight excluding hydrogens is 336 g/mol. The highest BCUT2D eigenvalue weighted by molar-refractivity contribution is 8.00. The van der Waals surface area contributed by atoms with Gasteiger partial charge in [-0.15, -0.1) is 11.8 Å². The van der Waals surface area contributed by atoms with Gasteiger partial charge in [-0.05, 0) is 30.7 Å². The van der Waals surface area contributed by atoms with Gasteiger partial charge in [0, 0.05) is 16.7 Å². The summed E-state index contributed by atoms with van der Waals surface area (Å²) < 4.78 is 5.60. The number of thioether (sulfide) groups is 1. The van der Waals surface area contributed by atoms with Gasteiger partial charge in [0.15, 0.2) is 6.61 Å². The highest BCUT2D eigenvalue weighted by atomic mass is 32.2. The van der Waals surface area contributed by atoms with Crippen LogP contribution in [0.4, 0.5) is 5.69 Å². The topological polar surface area (TPSA) is 72.6 Å². The molecule has 0 radical (unpaired) electrons. The number of para-hydroxylation sites is 2. The first-order chi connectivity index (χ1) is 12.1. The molecule has 25 heavy (non-hydrogen) atoms. The van der Waals surface area contributed by atoms with Gasteiger partial charge in [-0.1, -0.05) is 31.2 Å². The zero-order valence-electron chi connectivity index (χ0n) is 14.0. The van der Waals surface area contributed by atoms with Crippen LogP contribution in [0.1, 0.15) is 23.7 Å².